The van der Waals surface area contributed by atoms with Crippen molar-refractivity contribution in [2.75, 3.05) is 11.9 Å². The number of nitrogens with one attached hydrogen (secondary N) is 2. The van der Waals surface area contributed by atoms with Crippen LogP contribution >= 0.6 is 35.0 Å². The smallest absolute Gasteiger partial charge is 0.445 e. The van der Waals surface area contributed by atoms with E-state index in [1.54, 1.807) is 30.3 Å². The number of nitrogens with zero attached hydrogens (tertiary/aromatic N) is 3. The van der Waals surface area contributed by atoms with E-state index < -0.39 is 79.6 Å². The van der Waals surface area contributed by atoms with Crippen LogP contribution in [-0.4, -0.2) is 33.8 Å². The first-order valence-corrected chi connectivity index (χ1v) is 12.4. The van der Waals surface area contributed by atoms with E-state index in [1.165, 1.54) is 6.07 Å². The summed E-state index contributed by atoms with van der Waals surface area (Å²) in [5, 5.41) is 16.1. The minimum absolute atomic E-state index is 0.0539. The summed E-state index contributed by atoms with van der Waals surface area (Å²) in [6.07, 6.45) is -6.19. The summed E-state index contributed by atoms with van der Waals surface area (Å²) in [6.45, 7) is -0.357. The van der Waals surface area contributed by atoms with E-state index in [9.17, 15) is 41.2 Å². The number of alkyl carbamates (subject to hydrolysis) is 1. The second kappa shape index (κ2) is 12.7. The van der Waals surface area contributed by atoms with Crippen molar-refractivity contribution in [2.45, 2.75) is 29.6 Å². The Balaban J connectivity index is 1.84. The fraction of sp³-hybridized carbons (Fsp3) is 0.217. The maximum Gasteiger partial charge on any atom is 0.446 e. The summed E-state index contributed by atoms with van der Waals surface area (Å²) in [5.41, 5.74) is -6.82. The van der Waals surface area contributed by atoms with Gasteiger partial charge < -0.3 is 15.4 Å². The maximum atomic E-state index is 13.3. The summed E-state index contributed by atoms with van der Waals surface area (Å²) in [4.78, 5) is 23.6. The second-order valence-electron chi connectivity index (χ2n) is 7.67. The minimum Gasteiger partial charge on any atom is -0.445 e. The van der Waals surface area contributed by atoms with Crippen LogP contribution in [0.4, 0.5) is 37.0 Å². The number of anilines is 1. The first-order valence-electron chi connectivity index (χ1n) is 10.8. The van der Waals surface area contributed by atoms with Gasteiger partial charge in [-0.05, 0) is 29.5 Å². The molecule has 0 saturated carbocycles. The van der Waals surface area contributed by atoms with Crippen LogP contribution in [0, 0.1) is 11.3 Å². The number of aromatic nitrogens is 2. The number of thioether (sulfide) groups is 1. The number of ether oxygens (including phenoxy) is 1. The van der Waals surface area contributed by atoms with Gasteiger partial charge in [0.1, 0.15) is 18.4 Å². The number of rotatable bonds is 8. The van der Waals surface area contributed by atoms with Gasteiger partial charge in [0, 0.05) is 13.0 Å². The lowest BCUT2D eigenvalue weighted by Gasteiger charge is -2.16. The van der Waals surface area contributed by atoms with E-state index in [0.717, 1.165) is 0 Å². The lowest BCUT2D eigenvalue weighted by atomic mass is 10.2. The van der Waals surface area contributed by atoms with E-state index in [2.05, 4.69) is 15.7 Å². The van der Waals surface area contributed by atoms with E-state index in [4.69, 9.17) is 27.9 Å². The first-order chi connectivity index (χ1) is 18.7. The van der Waals surface area contributed by atoms with Gasteiger partial charge in [0.05, 0.1) is 20.5 Å². The molecule has 0 unspecified atom stereocenters. The minimum atomic E-state index is -4.95. The van der Waals surface area contributed by atoms with Gasteiger partial charge in [0.25, 0.3) is 0 Å². The van der Waals surface area contributed by atoms with Crippen molar-refractivity contribution in [1.82, 2.24) is 15.1 Å². The molecule has 0 aliphatic rings. The predicted octanol–water partition coefficient (Wildman–Crippen LogP) is 6.94. The molecule has 212 valence electrons. The van der Waals surface area contributed by atoms with Crippen LogP contribution in [0.2, 0.25) is 10.0 Å². The molecule has 0 aliphatic heterocycles. The number of carbonyl (C=O) groups excluding carboxylic acids is 2. The molecule has 2 N–H and O–H groups in total. The van der Waals surface area contributed by atoms with Gasteiger partial charge in [-0.25, -0.2) is 9.48 Å². The lowest BCUT2D eigenvalue weighted by Crippen LogP contribution is -2.28. The molecule has 1 heterocycles. The zero-order valence-electron chi connectivity index (χ0n) is 19.7. The fourth-order valence-corrected chi connectivity index (χ4v) is 4.44. The Morgan fingerprint density at radius 1 is 1.07 bits per heavy atom. The highest BCUT2D eigenvalue weighted by molar-refractivity contribution is 8.00. The van der Waals surface area contributed by atoms with Gasteiger partial charge in [-0.2, -0.15) is 36.7 Å². The Hall–Kier alpha value is -3.61. The van der Waals surface area contributed by atoms with Crippen molar-refractivity contribution in [3.05, 3.63) is 69.3 Å². The fourth-order valence-electron chi connectivity index (χ4n) is 3.14. The average Bonchev–Trinajstić information content (AvgIpc) is 3.17. The molecular weight excluding hydrogens is 611 g/mol. The van der Waals surface area contributed by atoms with Gasteiger partial charge in [-0.1, -0.05) is 53.5 Å². The topological polar surface area (TPSA) is 109 Å². The third-order valence-electron chi connectivity index (χ3n) is 4.81. The molecule has 3 aromatic rings. The number of hydrogen-bond donors (Lipinski definition) is 2. The summed E-state index contributed by atoms with van der Waals surface area (Å²) < 4.78 is 84.8. The standard InChI is InChI=1S/C23H15Cl2F6N5O3S/c24-14-8-13(22(26,27)28)9-15(25)18(14)36-20(19(16(10-32)35-36)40-23(29,30)31)34-17(37)6-7-33-21(38)39-11-12-4-2-1-3-5-12/h1-5,8-9H,6-7,11H2,(H,33,38)(H,34,37). The Bertz CT molecular complexity index is 1420. The molecule has 0 fully saturated rings. The van der Waals surface area contributed by atoms with Crippen LogP contribution in [0.25, 0.3) is 5.69 Å². The highest BCUT2D eigenvalue weighted by Gasteiger charge is 2.37. The Morgan fingerprint density at radius 2 is 1.70 bits per heavy atom. The number of alkyl halides is 6. The van der Waals surface area contributed by atoms with Crippen LogP contribution < -0.4 is 10.6 Å². The molecule has 0 saturated heterocycles. The normalized spacial score (nSPS) is 11.6. The molecule has 0 atom stereocenters. The summed E-state index contributed by atoms with van der Waals surface area (Å²) in [6, 6.07) is 11.0. The van der Waals surface area contributed by atoms with Crippen molar-refractivity contribution in [1.29, 1.82) is 5.26 Å². The van der Waals surface area contributed by atoms with E-state index in [0.29, 0.717) is 22.4 Å². The van der Waals surface area contributed by atoms with Crippen molar-refractivity contribution in [2.24, 2.45) is 0 Å². The first kappa shape index (κ1) is 30.9. The van der Waals surface area contributed by atoms with Gasteiger partial charge in [0.2, 0.25) is 5.91 Å². The Morgan fingerprint density at radius 3 is 2.25 bits per heavy atom. The molecule has 0 bridgehead atoms. The zero-order valence-corrected chi connectivity index (χ0v) is 22.0. The highest BCUT2D eigenvalue weighted by atomic mass is 35.5. The Kier molecular flexibility index (Phi) is 9.82. The van der Waals surface area contributed by atoms with E-state index in [-0.39, 0.29) is 13.2 Å². The van der Waals surface area contributed by atoms with Crippen LogP contribution in [-0.2, 0) is 22.3 Å². The number of halogens is 8. The molecule has 2 amide bonds. The lowest BCUT2D eigenvalue weighted by molar-refractivity contribution is -0.137. The third kappa shape index (κ3) is 8.20. The summed E-state index contributed by atoms with van der Waals surface area (Å²) >= 11 is 11.2. The summed E-state index contributed by atoms with van der Waals surface area (Å²) in [7, 11) is 0. The quantitative estimate of drug-likeness (QED) is 0.207. The monoisotopic (exact) mass is 625 g/mol. The van der Waals surface area contributed by atoms with E-state index >= 15 is 0 Å². The largest absolute Gasteiger partial charge is 0.446 e. The molecule has 8 nitrogen and oxygen atoms in total. The summed E-state index contributed by atoms with van der Waals surface area (Å²) in [5.74, 6) is -1.67. The van der Waals surface area contributed by atoms with Crippen molar-refractivity contribution in [3.63, 3.8) is 0 Å². The number of amides is 2. The highest BCUT2D eigenvalue weighted by Crippen LogP contribution is 2.45. The number of benzene rings is 2. The zero-order chi connectivity index (χ0) is 29.7. The average molecular weight is 626 g/mol. The number of hydrogen-bond acceptors (Lipinski definition) is 6. The molecule has 3 rings (SSSR count). The maximum absolute atomic E-state index is 13.3. The molecule has 17 heteroatoms. The van der Waals surface area contributed by atoms with Crippen molar-refractivity contribution in [3.8, 4) is 11.8 Å². The second-order valence-corrected chi connectivity index (χ2v) is 9.56. The predicted molar refractivity (Wildman–Crippen MR) is 133 cm³/mol. The van der Waals surface area contributed by atoms with Crippen LogP contribution in [0.1, 0.15) is 23.2 Å². The van der Waals surface area contributed by atoms with Crippen molar-refractivity contribution >= 4 is 52.8 Å². The Labute approximate surface area is 236 Å². The molecule has 0 aliphatic carbocycles. The molecule has 0 spiro atoms. The number of nitriles is 1. The van der Waals surface area contributed by atoms with Gasteiger partial charge in [-0.3, -0.25) is 4.79 Å². The molecule has 0 radical (unpaired) electrons. The van der Waals surface area contributed by atoms with Crippen LogP contribution in [0.5, 0.6) is 0 Å². The molecule has 2 aromatic carbocycles. The number of carbonyl (C=O) groups is 2. The van der Waals surface area contributed by atoms with Gasteiger partial charge in [-0.15, -0.1) is 0 Å². The van der Waals surface area contributed by atoms with E-state index in [1.807, 2.05) is 0 Å². The molecule has 40 heavy (non-hydrogen) atoms. The molecule has 1 aromatic heterocycles. The van der Waals surface area contributed by atoms with Crippen LogP contribution in [0.15, 0.2) is 47.4 Å². The van der Waals surface area contributed by atoms with Gasteiger partial charge in [0.15, 0.2) is 11.5 Å². The SMILES string of the molecule is N#Cc1nn(-c2c(Cl)cc(C(F)(F)F)cc2Cl)c(NC(=O)CCNC(=O)OCc2ccccc2)c1SC(F)(F)F. The third-order valence-corrected chi connectivity index (χ3v) is 6.21. The molecular formula is C23H15Cl2F6N5O3S. The van der Waals surface area contributed by atoms with Crippen LogP contribution in [0.3, 0.4) is 0 Å². The van der Waals surface area contributed by atoms with Gasteiger partial charge >= 0.3 is 17.8 Å². The van der Waals surface area contributed by atoms with Crippen molar-refractivity contribution < 1.29 is 40.7 Å².